The fourth-order valence-corrected chi connectivity index (χ4v) is 8.20. The number of unbranched alkanes of at least 4 members (excludes halogenated alkanes) is 6. The van der Waals surface area contributed by atoms with E-state index in [9.17, 15) is 0 Å². The Balaban J connectivity index is 0.00000484. The van der Waals surface area contributed by atoms with Crippen LogP contribution in [0.25, 0.3) is 0 Å². The van der Waals surface area contributed by atoms with Gasteiger partial charge in [0.2, 0.25) is 0 Å². The summed E-state index contributed by atoms with van der Waals surface area (Å²) in [5.74, 6) is 0. The lowest BCUT2D eigenvalue weighted by Gasteiger charge is -2.28. The summed E-state index contributed by atoms with van der Waals surface area (Å²) in [5, 5.41) is 1.72. The fraction of sp³-hybridized carbons (Fsp3) is 0.714. The van der Waals surface area contributed by atoms with E-state index in [0.29, 0.717) is 0 Å². The first-order chi connectivity index (χ1) is 10.8. The van der Waals surface area contributed by atoms with Gasteiger partial charge in [0.1, 0.15) is 0 Å². The first-order valence-corrected chi connectivity index (χ1v) is 12.0. The third-order valence-corrected chi connectivity index (χ3v) is 9.78. The van der Waals surface area contributed by atoms with Gasteiger partial charge in [-0.3, -0.25) is 0 Å². The molecule has 0 nitrogen and oxygen atoms in total. The summed E-state index contributed by atoms with van der Waals surface area (Å²) >= 11 is 0. The molecule has 0 aliphatic heterocycles. The molecule has 0 heterocycles. The SMILES string of the molecule is CCCCC[P+](CCCCC)(CCCCC)c1ccccc1.[I-]. The minimum atomic E-state index is -0.938. The van der Waals surface area contributed by atoms with E-state index in [1.54, 1.807) is 5.30 Å². The van der Waals surface area contributed by atoms with E-state index in [-0.39, 0.29) is 24.0 Å². The van der Waals surface area contributed by atoms with Gasteiger partial charge in [0, 0.05) is 7.26 Å². The standard InChI is InChI=1S/C21H38P.HI/c1-4-7-13-18-22(19-14-8-5-2,20-15-9-6-3)21-16-11-10-12-17-21;/h10-12,16-17H,4-9,13-15,18-20H2,1-3H3;1H/q+1;/p-1. The Morgan fingerprint density at radius 1 is 0.609 bits per heavy atom. The van der Waals surface area contributed by atoms with E-state index >= 15 is 0 Å². The lowest BCUT2D eigenvalue weighted by molar-refractivity contribution is -0.00000487. The minimum Gasteiger partial charge on any atom is -1.00 e. The molecular weight excluding hydrogens is 410 g/mol. The molecule has 0 atom stereocenters. The molecule has 0 N–H and O–H groups in total. The normalized spacial score (nSPS) is 11.3. The molecule has 0 aromatic heterocycles. The molecule has 2 heteroatoms. The second-order valence-electron chi connectivity index (χ2n) is 6.77. The van der Waals surface area contributed by atoms with E-state index in [1.165, 1.54) is 76.3 Å². The van der Waals surface area contributed by atoms with E-state index in [0.717, 1.165) is 0 Å². The van der Waals surface area contributed by atoms with Crippen molar-refractivity contribution in [3.63, 3.8) is 0 Å². The quantitative estimate of drug-likeness (QED) is 0.244. The zero-order valence-electron chi connectivity index (χ0n) is 15.7. The Bertz CT molecular complexity index is 337. The van der Waals surface area contributed by atoms with Gasteiger partial charge in [0.05, 0.1) is 23.8 Å². The Morgan fingerprint density at radius 3 is 1.35 bits per heavy atom. The molecule has 1 aromatic rings. The fourth-order valence-electron chi connectivity index (χ4n) is 3.46. The lowest BCUT2D eigenvalue weighted by Crippen LogP contribution is -3.00. The van der Waals surface area contributed by atoms with Gasteiger partial charge in [-0.15, -0.1) is 0 Å². The van der Waals surface area contributed by atoms with Crippen LogP contribution in [0.5, 0.6) is 0 Å². The first kappa shape index (κ1) is 23.4. The average molecular weight is 448 g/mol. The van der Waals surface area contributed by atoms with Crippen LogP contribution in [-0.2, 0) is 0 Å². The lowest BCUT2D eigenvalue weighted by atomic mass is 10.3. The molecule has 0 fully saturated rings. The molecule has 1 rings (SSSR count). The summed E-state index contributed by atoms with van der Waals surface area (Å²) in [6.45, 7) is 6.99. The Kier molecular flexibility index (Phi) is 14.9. The van der Waals surface area contributed by atoms with Crippen molar-refractivity contribution in [3.05, 3.63) is 30.3 Å². The van der Waals surface area contributed by atoms with Crippen LogP contribution in [0.4, 0.5) is 0 Å². The molecule has 0 radical (unpaired) electrons. The predicted octanol–water partition coefficient (Wildman–Crippen LogP) is 3.90. The van der Waals surface area contributed by atoms with Crippen LogP contribution in [0.15, 0.2) is 30.3 Å². The molecule has 0 bridgehead atoms. The molecule has 0 saturated carbocycles. The van der Waals surface area contributed by atoms with Crippen molar-refractivity contribution in [2.75, 3.05) is 18.5 Å². The van der Waals surface area contributed by atoms with Crippen molar-refractivity contribution < 1.29 is 24.0 Å². The Morgan fingerprint density at radius 2 is 1.00 bits per heavy atom. The summed E-state index contributed by atoms with van der Waals surface area (Å²) in [7, 11) is -0.938. The van der Waals surface area contributed by atoms with Crippen LogP contribution >= 0.6 is 7.26 Å². The summed E-state index contributed by atoms with van der Waals surface area (Å²) in [4.78, 5) is 0. The Hall–Kier alpha value is 0.380. The molecule has 134 valence electrons. The van der Waals surface area contributed by atoms with Crippen molar-refractivity contribution in [2.45, 2.75) is 78.6 Å². The van der Waals surface area contributed by atoms with Gasteiger partial charge in [-0.25, -0.2) is 0 Å². The van der Waals surface area contributed by atoms with Crippen LogP contribution in [0, 0.1) is 0 Å². The van der Waals surface area contributed by atoms with Gasteiger partial charge < -0.3 is 24.0 Å². The molecule has 0 saturated heterocycles. The maximum absolute atomic E-state index is 2.44. The molecule has 0 aliphatic rings. The molecule has 23 heavy (non-hydrogen) atoms. The van der Waals surface area contributed by atoms with Crippen LogP contribution < -0.4 is 29.3 Å². The second-order valence-corrected chi connectivity index (χ2v) is 10.9. The highest BCUT2D eigenvalue weighted by Gasteiger charge is 2.37. The predicted molar refractivity (Wildman–Crippen MR) is 106 cm³/mol. The number of halogens is 1. The van der Waals surface area contributed by atoms with Gasteiger partial charge in [-0.2, -0.15) is 0 Å². The summed E-state index contributed by atoms with van der Waals surface area (Å²) < 4.78 is 0. The van der Waals surface area contributed by atoms with Gasteiger partial charge >= 0.3 is 0 Å². The number of hydrogen-bond donors (Lipinski definition) is 0. The summed E-state index contributed by atoms with van der Waals surface area (Å²) in [5.41, 5.74) is 0. The van der Waals surface area contributed by atoms with Crippen LogP contribution in [0.3, 0.4) is 0 Å². The van der Waals surface area contributed by atoms with Crippen LogP contribution in [0.2, 0.25) is 0 Å². The molecule has 0 unspecified atom stereocenters. The highest BCUT2D eigenvalue weighted by Crippen LogP contribution is 2.59. The van der Waals surface area contributed by atoms with Crippen molar-refractivity contribution in [1.82, 2.24) is 0 Å². The van der Waals surface area contributed by atoms with Crippen LogP contribution in [-0.4, -0.2) is 18.5 Å². The van der Waals surface area contributed by atoms with Gasteiger partial charge in [-0.05, 0) is 31.4 Å². The maximum atomic E-state index is 2.44. The molecule has 1 aromatic carbocycles. The highest BCUT2D eigenvalue weighted by atomic mass is 127. The van der Waals surface area contributed by atoms with Crippen molar-refractivity contribution >= 4 is 12.6 Å². The third-order valence-electron chi connectivity index (χ3n) is 4.87. The number of benzene rings is 1. The van der Waals surface area contributed by atoms with Gasteiger partial charge in [0.25, 0.3) is 0 Å². The average Bonchev–Trinajstić information content (AvgIpc) is 2.56. The monoisotopic (exact) mass is 448 g/mol. The maximum Gasteiger partial charge on any atom is 0.0939 e. The smallest absolute Gasteiger partial charge is 0.0939 e. The zero-order valence-corrected chi connectivity index (χ0v) is 18.7. The summed E-state index contributed by atoms with van der Waals surface area (Å²) in [6, 6.07) is 11.6. The minimum absolute atomic E-state index is 0. The van der Waals surface area contributed by atoms with Crippen molar-refractivity contribution in [2.24, 2.45) is 0 Å². The second kappa shape index (κ2) is 14.7. The Labute approximate surface area is 163 Å². The largest absolute Gasteiger partial charge is 1.00 e. The highest BCUT2D eigenvalue weighted by molar-refractivity contribution is 7.82. The molecular formula is C21H38IP. The van der Waals surface area contributed by atoms with Crippen LogP contribution in [0.1, 0.15) is 78.6 Å². The van der Waals surface area contributed by atoms with E-state index in [2.05, 4.69) is 51.1 Å². The van der Waals surface area contributed by atoms with Crippen molar-refractivity contribution in [1.29, 1.82) is 0 Å². The van der Waals surface area contributed by atoms with Gasteiger partial charge in [-0.1, -0.05) is 77.5 Å². The van der Waals surface area contributed by atoms with E-state index < -0.39 is 7.26 Å². The number of hydrogen-bond acceptors (Lipinski definition) is 0. The molecule has 0 spiro atoms. The topological polar surface area (TPSA) is 0 Å². The first-order valence-electron chi connectivity index (χ1n) is 9.70. The molecule has 0 amide bonds. The number of rotatable bonds is 13. The molecule has 0 aliphatic carbocycles. The van der Waals surface area contributed by atoms with Gasteiger partial charge in [0.15, 0.2) is 0 Å². The van der Waals surface area contributed by atoms with Crippen molar-refractivity contribution in [3.8, 4) is 0 Å². The van der Waals surface area contributed by atoms with E-state index in [4.69, 9.17) is 0 Å². The summed E-state index contributed by atoms with van der Waals surface area (Å²) in [6.07, 6.45) is 17.1. The zero-order chi connectivity index (χ0) is 16.1. The third kappa shape index (κ3) is 8.87. The van der Waals surface area contributed by atoms with E-state index in [1.807, 2.05) is 0 Å².